The Hall–Kier alpha value is -2.11. The van der Waals surface area contributed by atoms with Gasteiger partial charge in [0.05, 0.1) is 15.3 Å². The highest BCUT2D eigenvalue weighted by Gasteiger charge is 2.24. The van der Waals surface area contributed by atoms with Crippen molar-refractivity contribution < 1.29 is 8.42 Å². The number of likely N-dealkylation sites (N-methyl/N-ethyl adjacent to an activating group) is 1. The molecule has 1 aromatic heterocycles. The van der Waals surface area contributed by atoms with Gasteiger partial charge in [-0.05, 0) is 38.2 Å². The number of para-hydroxylation sites is 1. The van der Waals surface area contributed by atoms with Gasteiger partial charge in [-0.15, -0.1) is 0 Å². The Labute approximate surface area is 149 Å². The lowest BCUT2D eigenvalue weighted by molar-refractivity contribution is 0.386. The van der Waals surface area contributed by atoms with E-state index in [1.54, 1.807) is 30.5 Å². The first kappa shape index (κ1) is 17.7. The summed E-state index contributed by atoms with van der Waals surface area (Å²) in [7, 11) is 0.501. The summed E-state index contributed by atoms with van der Waals surface area (Å²) in [6.07, 6.45) is 2.67. The fraction of sp³-hybridized carbons (Fsp3) is 0.300. The molecule has 0 aliphatic carbocycles. The first-order valence-corrected chi connectivity index (χ1v) is 9.99. The summed E-state index contributed by atoms with van der Waals surface area (Å²) in [5.74, 6) is 0. The lowest BCUT2D eigenvalue weighted by atomic mass is 10.1. The molecule has 0 atom stereocenters. The summed E-state index contributed by atoms with van der Waals surface area (Å²) in [5, 5.41) is 0.807. The van der Waals surface area contributed by atoms with Crippen molar-refractivity contribution in [2.24, 2.45) is 0 Å². The number of sulfone groups is 1. The van der Waals surface area contributed by atoms with E-state index in [2.05, 4.69) is 22.5 Å². The van der Waals surface area contributed by atoms with E-state index in [1.807, 2.05) is 32.3 Å². The van der Waals surface area contributed by atoms with E-state index < -0.39 is 9.84 Å². The van der Waals surface area contributed by atoms with E-state index in [4.69, 9.17) is 0 Å². The minimum absolute atomic E-state index is 0.337. The molecule has 0 saturated carbocycles. The molecule has 0 radical (unpaired) electrons. The summed E-state index contributed by atoms with van der Waals surface area (Å²) in [6, 6.07) is 14.6. The number of nitrogens with zero attached hydrogens (tertiary/aromatic N) is 2. The van der Waals surface area contributed by atoms with E-state index in [0.717, 1.165) is 30.4 Å². The molecule has 0 aliphatic heterocycles. The van der Waals surface area contributed by atoms with Crippen molar-refractivity contribution in [2.75, 3.05) is 20.6 Å². The second kappa shape index (κ2) is 7.02. The molecule has 132 valence electrons. The summed E-state index contributed by atoms with van der Waals surface area (Å²) >= 11 is 0. The number of benzene rings is 2. The molecule has 4 nitrogen and oxygen atoms in total. The molecule has 0 bridgehead atoms. The summed E-state index contributed by atoms with van der Waals surface area (Å²) in [4.78, 5) is 2.83. The Morgan fingerprint density at radius 2 is 1.72 bits per heavy atom. The second-order valence-electron chi connectivity index (χ2n) is 6.47. The second-order valence-corrected chi connectivity index (χ2v) is 8.39. The highest BCUT2D eigenvalue weighted by molar-refractivity contribution is 7.91. The maximum Gasteiger partial charge on any atom is 0.208 e. The topological polar surface area (TPSA) is 42.3 Å². The fourth-order valence-electron chi connectivity index (χ4n) is 3.12. The minimum Gasteiger partial charge on any atom is -0.345 e. The highest BCUT2D eigenvalue weighted by atomic mass is 32.2. The third-order valence-corrected chi connectivity index (χ3v) is 6.25. The molecule has 0 N–H and O–H groups in total. The van der Waals surface area contributed by atoms with Crippen LogP contribution >= 0.6 is 0 Å². The van der Waals surface area contributed by atoms with Crippen LogP contribution in [0.1, 0.15) is 12.5 Å². The predicted octanol–water partition coefficient (Wildman–Crippen LogP) is 3.60. The molecular weight excluding hydrogens is 332 g/mol. The molecule has 0 fully saturated rings. The number of hydrogen-bond donors (Lipinski definition) is 0. The van der Waals surface area contributed by atoms with Crippen molar-refractivity contribution in [3.8, 4) is 0 Å². The molecule has 0 amide bonds. The highest BCUT2D eigenvalue weighted by Crippen LogP contribution is 2.32. The van der Waals surface area contributed by atoms with Crippen LogP contribution in [0.15, 0.2) is 64.5 Å². The lowest BCUT2D eigenvalue weighted by Crippen LogP contribution is -2.18. The van der Waals surface area contributed by atoms with Gasteiger partial charge in [-0.2, -0.15) is 0 Å². The van der Waals surface area contributed by atoms with Gasteiger partial charge in [-0.25, -0.2) is 8.42 Å². The van der Waals surface area contributed by atoms with Gasteiger partial charge >= 0.3 is 0 Å². The van der Waals surface area contributed by atoms with Crippen LogP contribution in [0.2, 0.25) is 0 Å². The van der Waals surface area contributed by atoms with Crippen molar-refractivity contribution in [3.63, 3.8) is 0 Å². The molecule has 3 rings (SSSR count). The number of aryl methyl sites for hydroxylation is 1. The Balaban J connectivity index is 2.23. The number of fused-ring (bicyclic) bond motifs is 1. The van der Waals surface area contributed by atoms with Gasteiger partial charge in [0.15, 0.2) is 0 Å². The van der Waals surface area contributed by atoms with Crippen LogP contribution in [0.25, 0.3) is 10.9 Å². The molecule has 2 aromatic carbocycles. The van der Waals surface area contributed by atoms with E-state index in [9.17, 15) is 8.42 Å². The zero-order valence-corrected chi connectivity index (χ0v) is 15.8. The quantitative estimate of drug-likeness (QED) is 0.678. The predicted molar refractivity (Wildman–Crippen MR) is 102 cm³/mol. The molecule has 5 heteroatoms. The van der Waals surface area contributed by atoms with Gasteiger partial charge in [-0.1, -0.05) is 43.3 Å². The van der Waals surface area contributed by atoms with E-state index in [0.29, 0.717) is 9.79 Å². The molecular formula is C20H24N2O2S. The Morgan fingerprint density at radius 1 is 1.00 bits per heavy atom. The van der Waals surface area contributed by atoms with Crippen molar-refractivity contribution in [3.05, 3.63) is 60.3 Å². The molecule has 3 aromatic rings. The molecule has 0 spiro atoms. The van der Waals surface area contributed by atoms with Gasteiger partial charge in [0.2, 0.25) is 9.84 Å². The van der Waals surface area contributed by atoms with Crippen LogP contribution in [0, 0.1) is 0 Å². The van der Waals surface area contributed by atoms with Gasteiger partial charge in [0, 0.05) is 24.7 Å². The Kier molecular flexibility index (Phi) is 4.97. The monoisotopic (exact) mass is 356 g/mol. The van der Waals surface area contributed by atoms with Crippen LogP contribution in [0.5, 0.6) is 0 Å². The SMILES string of the molecule is CCc1cccc2c(S(=O)(=O)c3ccccc3)cn(CCN(C)C)c12. The molecule has 25 heavy (non-hydrogen) atoms. The number of hydrogen-bond acceptors (Lipinski definition) is 3. The van der Waals surface area contributed by atoms with Crippen LogP contribution in [0.3, 0.4) is 0 Å². The first-order valence-electron chi connectivity index (χ1n) is 8.50. The first-order chi connectivity index (χ1) is 11.9. The maximum atomic E-state index is 13.2. The molecule has 0 aliphatic rings. The van der Waals surface area contributed by atoms with Gasteiger partial charge in [0.25, 0.3) is 0 Å². The van der Waals surface area contributed by atoms with Crippen LogP contribution in [0.4, 0.5) is 0 Å². The minimum atomic E-state index is -3.54. The van der Waals surface area contributed by atoms with E-state index >= 15 is 0 Å². The molecule has 0 unspecified atom stereocenters. The molecule has 0 saturated heterocycles. The zero-order valence-electron chi connectivity index (χ0n) is 14.9. The summed E-state index contributed by atoms with van der Waals surface area (Å²) in [6.45, 7) is 3.71. The number of aromatic nitrogens is 1. The van der Waals surface area contributed by atoms with Crippen LogP contribution in [-0.4, -0.2) is 38.5 Å². The van der Waals surface area contributed by atoms with Crippen molar-refractivity contribution in [1.82, 2.24) is 9.47 Å². The smallest absolute Gasteiger partial charge is 0.208 e. The Morgan fingerprint density at radius 3 is 2.36 bits per heavy atom. The van der Waals surface area contributed by atoms with Gasteiger partial charge < -0.3 is 9.47 Å². The average molecular weight is 356 g/mol. The van der Waals surface area contributed by atoms with Crippen molar-refractivity contribution in [2.45, 2.75) is 29.7 Å². The van der Waals surface area contributed by atoms with Crippen molar-refractivity contribution in [1.29, 1.82) is 0 Å². The maximum absolute atomic E-state index is 13.2. The number of rotatable bonds is 6. The Bertz CT molecular complexity index is 974. The summed E-state index contributed by atoms with van der Waals surface area (Å²) in [5.41, 5.74) is 2.20. The normalized spacial score (nSPS) is 12.2. The van der Waals surface area contributed by atoms with Crippen LogP contribution < -0.4 is 0 Å². The lowest BCUT2D eigenvalue weighted by Gasteiger charge is -2.12. The standard InChI is InChI=1S/C20H24N2O2S/c1-4-16-9-8-12-18-19(15-22(20(16)18)14-13-21(2)3)25(23,24)17-10-6-5-7-11-17/h5-12,15H,4,13-14H2,1-3H3. The van der Waals surface area contributed by atoms with E-state index in [-0.39, 0.29) is 0 Å². The fourth-order valence-corrected chi connectivity index (χ4v) is 4.60. The summed E-state index contributed by atoms with van der Waals surface area (Å²) < 4.78 is 28.4. The van der Waals surface area contributed by atoms with Gasteiger partial charge in [-0.3, -0.25) is 0 Å². The van der Waals surface area contributed by atoms with Gasteiger partial charge in [0.1, 0.15) is 0 Å². The zero-order chi connectivity index (χ0) is 18.0. The van der Waals surface area contributed by atoms with E-state index in [1.165, 1.54) is 5.56 Å². The third kappa shape index (κ3) is 3.34. The van der Waals surface area contributed by atoms with Crippen LogP contribution in [-0.2, 0) is 22.8 Å². The molecule has 1 heterocycles. The third-order valence-electron chi connectivity index (χ3n) is 4.46. The van der Waals surface area contributed by atoms with Crippen molar-refractivity contribution >= 4 is 20.7 Å². The largest absolute Gasteiger partial charge is 0.345 e. The average Bonchev–Trinajstić information content (AvgIpc) is 3.00.